The first-order valence-corrected chi connectivity index (χ1v) is 8.45. The number of allylic oxidation sites excluding steroid dienone is 1. The van der Waals surface area contributed by atoms with Crippen LogP contribution in [0.5, 0.6) is 0 Å². The number of carbonyl (C=O) groups is 2. The molecule has 0 aromatic heterocycles. The van der Waals surface area contributed by atoms with Crippen LogP contribution in [0.15, 0.2) is 12.2 Å². The van der Waals surface area contributed by atoms with Crippen molar-refractivity contribution >= 4 is 11.9 Å². The Labute approximate surface area is 138 Å². The number of amides is 1. The number of carboxylic acids is 1. The molecule has 1 unspecified atom stereocenters. The number of unbranched alkanes of at least 4 members (excludes halogenated alkanes) is 5. The summed E-state index contributed by atoms with van der Waals surface area (Å²) in [7, 11) is 0. The maximum absolute atomic E-state index is 12.1. The van der Waals surface area contributed by atoms with E-state index in [4.69, 9.17) is 10.2 Å². The minimum atomic E-state index is -1.03. The number of rotatable bonds is 14. The Bertz CT molecular complexity index is 351. The molecule has 1 amide bonds. The summed E-state index contributed by atoms with van der Waals surface area (Å²) in [5.74, 6) is -2.26. The molecule has 0 aliphatic rings. The number of hydrogen-bond donors (Lipinski definition) is 3. The van der Waals surface area contributed by atoms with Gasteiger partial charge in [0.15, 0.2) is 0 Å². The zero-order valence-electron chi connectivity index (χ0n) is 14.1. The van der Waals surface area contributed by atoms with E-state index in [0.717, 1.165) is 19.3 Å². The molecule has 3 N–H and O–H groups in total. The number of aliphatic hydroxyl groups excluding tert-OH is 2. The fourth-order valence-electron chi connectivity index (χ4n) is 2.28. The van der Waals surface area contributed by atoms with Crippen LogP contribution in [-0.4, -0.2) is 58.4 Å². The van der Waals surface area contributed by atoms with E-state index >= 15 is 0 Å². The zero-order chi connectivity index (χ0) is 17.5. The predicted octanol–water partition coefficient (Wildman–Crippen LogP) is 1.81. The van der Waals surface area contributed by atoms with Crippen molar-refractivity contribution in [3.05, 3.63) is 12.2 Å². The van der Waals surface area contributed by atoms with Crippen LogP contribution in [0.4, 0.5) is 0 Å². The second-order valence-electron chi connectivity index (χ2n) is 5.61. The van der Waals surface area contributed by atoms with Crippen molar-refractivity contribution < 1.29 is 24.9 Å². The number of aliphatic hydroxyl groups is 2. The van der Waals surface area contributed by atoms with Crippen molar-refractivity contribution in [3.63, 3.8) is 0 Å². The molecule has 6 nitrogen and oxygen atoms in total. The van der Waals surface area contributed by atoms with Gasteiger partial charge in [-0.1, -0.05) is 44.8 Å². The third-order valence-electron chi connectivity index (χ3n) is 3.65. The molecule has 0 aliphatic carbocycles. The van der Waals surface area contributed by atoms with Gasteiger partial charge in [0.05, 0.1) is 19.1 Å². The lowest BCUT2D eigenvalue weighted by atomic mass is 10.0. The van der Waals surface area contributed by atoms with Crippen molar-refractivity contribution in [2.45, 2.75) is 51.9 Å². The van der Waals surface area contributed by atoms with Crippen LogP contribution in [0, 0.1) is 5.92 Å². The third kappa shape index (κ3) is 10.9. The van der Waals surface area contributed by atoms with Gasteiger partial charge in [-0.2, -0.15) is 0 Å². The molecule has 0 fully saturated rings. The molecule has 0 spiro atoms. The van der Waals surface area contributed by atoms with Crippen LogP contribution >= 0.6 is 0 Å². The van der Waals surface area contributed by atoms with Gasteiger partial charge in [0, 0.05) is 19.5 Å². The highest BCUT2D eigenvalue weighted by Crippen LogP contribution is 2.11. The number of carbonyl (C=O) groups excluding carboxylic acids is 1. The second-order valence-corrected chi connectivity index (χ2v) is 5.61. The van der Waals surface area contributed by atoms with Gasteiger partial charge < -0.3 is 20.2 Å². The van der Waals surface area contributed by atoms with Gasteiger partial charge in [0.2, 0.25) is 5.91 Å². The molecule has 0 aromatic carbocycles. The molecule has 6 heteroatoms. The molecule has 0 aliphatic heterocycles. The molecule has 23 heavy (non-hydrogen) atoms. The molecule has 0 radical (unpaired) electrons. The smallest absolute Gasteiger partial charge is 0.310 e. The molecule has 0 rings (SSSR count). The van der Waals surface area contributed by atoms with Gasteiger partial charge in [-0.15, -0.1) is 0 Å². The largest absolute Gasteiger partial charge is 0.481 e. The summed E-state index contributed by atoms with van der Waals surface area (Å²) >= 11 is 0. The van der Waals surface area contributed by atoms with Crippen LogP contribution in [0.25, 0.3) is 0 Å². The lowest BCUT2D eigenvalue weighted by Crippen LogP contribution is -2.37. The van der Waals surface area contributed by atoms with Crippen molar-refractivity contribution in [3.8, 4) is 0 Å². The van der Waals surface area contributed by atoms with Crippen LogP contribution < -0.4 is 0 Å². The molecule has 0 heterocycles. The quantitative estimate of drug-likeness (QED) is 0.333. The Kier molecular flexibility index (Phi) is 13.3. The second kappa shape index (κ2) is 14.2. The van der Waals surface area contributed by atoms with Crippen LogP contribution in [0.2, 0.25) is 0 Å². The SMILES string of the molecule is CCCCCCCC=CC(CC(=O)N(CCO)CCO)C(=O)O. The van der Waals surface area contributed by atoms with Gasteiger partial charge in [-0.05, 0) is 12.8 Å². The molecule has 0 aromatic rings. The maximum atomic E-state index is 12.1. The third-order valence-corrected chi connectivity index (χ3v) is 3.65. The highest BCUT2D eigenvalue weighted by Gasteiger charge is 2.21. The lowest BCUT2D eigenvalue weighted by Gasteiger charge is -2.21. The van der Waals surface area contributed by atoms with Crippen molar-refractivity contribution in [2.24, 2.45) is 5.92 Å². The molecule has 0 saturated heterocycles. The number of aliphatic carboxylic acids is 1. The van der Waals surface area contributed by atoms with E-state index < -0.39 is 11.9 Å². The summed E-state index contributed by atoms with van der Waals surface area (Å²) in [6.07, 6.45) is 9.85. The zero-order valence-corrected chi connectivity index (χ0v) is 14.1. The van der Waals surface area contributed by atoms with E-state index in [1.807, 2.05) is 6.08 Å². The molecule has 1 atom stereocenters. The summed E-state index contributed by atoms with van der Waals surface area (Å²) in [6.45, 7) is 1.94. The standard InChI is InChI=1S/C17H31NO5/c1-2-3-4-5-6-7-8-9-15(17(22)23)14-16(21)18(10-12-19)11-13-20/h8-9,15,19-20H,2-7,10-14H2,1H3,(H,22,23). The summed E-state index contributed by atoms with van der Waals surface area (Å²) < 4.78 is 0. The van der Waals surface area contributed by atoms with Gasteiger partial charge >= 0.3 is 5.97 Å². The minimum absolute atomic E-state index is 0.104. The highest BCUT2D eigenvalue weighted by molar-refractivity contribution is 5.83. The van der Waals surface area contributed by atoms with Gasteiger partial charge in [0.1, 0.15) is 0 Å². The first kappa shape index (κ1) is 21.6. The summed E-state index contributed by atoms with van der Waals surface area (Å²) in [5, 5.41) is 27.0. The average molecular weight is 329 g/mol. The first-order chi connectivity index (χ1) is 11.1. The van der Waals surface area contributed by atoms with E-state index in [2.05, 4.69) is 6.92 Å². The van der Waals surface area contributed by atoms with E-state index in [0.29, 0.717) is 0 Å². The number of carboxylic acid groups (broad SMARTS) is 1. The molecule has 0 bridgehead atoms. The van der Waals surface area contributed by atoms with Crippen molar-refractivity contribution in [1.82, 2.24) is 4.90 Å². The van der Waals surface area contributed by atoms with Crippen LogP contribution in [0.3, 0.4) is 0 Å². The Balaban J connectivity index is 4.33. The first-order valence-electron chi connectivity index (χ1n) is 8.45. The molecular formula is C17H31NO5. The van der Waals surface area contributed by atoms with Crippen LogP contribution in [0.1, 0.15) is 51.9 Å². The van der Waals surface area contributed by atoms with E-state index in [9.17, 15) is 14.7 Å². The van der Waals surface area contributed by atoms with E-state index in [-0.39, 0.29) is 38.6 Å². The molecule has 134 valence electrons. The summed E-state index contributed by atoms with van der Waals surface area (Å²) in [4.78, 5) is 24.6. The highest BCUT2D eigenvalue weighted by atomic mass is 16.4. The van der Waals surface area contributed by atoms with Gasteiger partial charge in [-0.25, -0.2) is 0 Å². The summed E-state index contributed by atoms with van der Waals surface area (Å²) in [5.41, 5.74) is 0. The van der Waals surface area contributed by atoms with Gasteiger partial charge in [0.25, 0.3) is 0 Å². The molecule has 0 saturated carbocycles. The average Bonchev–Trinajstić information content (AvgIpc) is 2.52. The Morgan fingerprint density at radius 2 is 1.65 bits per heavy atom. The predicted molar refractivity (Wildman–Crippen MR) is 89.0 cm³/mol. The van der Waals surface area contributed by atoms with Gasteiger partial charge in [-0.3, -0.25) is 9.59 Å². The van der Waals surface area contributed by atoms with Crippen molar-refractivity contribution in [1.29, 1.82) is 0 Å². The van der Waals surface area contributed by atoms with E-state index in [1.165, 1.54) is 24.2 Å². The summed E-state index contributed by atoms with van der Waals surface area (Å²) in [6, 6.07) is 0. The Morgan fingerprint density at radius 3 is 2.17 bits per heavy atom. The lowest BCUT2D eigenvalue weighted by molar-refractivity contribution is -0.144. The number of hydrogen-bond acceptors (Lipinski definition) is 4. The topological polar surface area (TPSA) is 98.1 Å². The normalized spacial score (nSPS) is 12.5. The Hall–Kier alpha value is -1.40. The van der Waals surface area contributed by atoms with Crippen LogP contribution in [-0.2, 0) is 9.59 Å². The van der Waals surface area contributed by atoms with E-state index in [1.54, 1.807) is 6.08 Å². The number of nitrogens with zero attached hydrogens (tertiary/aromatic N) is 1. The maximum Gasteiger partial charge on any atom is 0.310 e. The molecular weight excluding hydrogens is 298 g/mol. The van der Waals surface area contributed by atoms with Crippen molar-refractivity contribution in [2.75, 3.05) is 26.3 Å². The Morgan fingerprint density at radius 1 is 1.04 bits per heavy atom. The fraction of sp³-hybridized carbons (Fsp3) is 0.765. The fourth-order valence-corrected chi connectivity index (χ4v) is 2.28. The minimum Gasteiger partial charge on any atom is -0.481 e. The monoisotopic (exact) mass is 329 g/mol.